The number of nitrogens with one attached hydrogen (secondary N) is 1. The molecule has 0 radical (unpaired) electrons. The van der Waals surface area contributed by atoms with Crippen molar-refractivity contribution < 1.29 is 0 Å². The Balaban J connectivity index is 2.03. The van der Waals surface area contributed by atoms with Crippen molar-refractivity contribution in [3.8, 4) is 11.3 Å². The van der Waals surface area contributed by atoms with Gasteiger partial charge in [-0.3, -0.25) is 4.79 Å². The molecule has 0 amide bonds. The monoisotopic (exact) mass is 255 g/mol. The normalized spacial score (nSPS) is 14.8. The van der Waals surface area contributed by atoms with Crippen LogP contribution in [0.25, 0.3) is 11.3 Å². The average Bonchev–Trinajstić information content (AvgIpc) is 2.66. The van der Waals surface area contributed by atoms with Gasteiger partial charge in [-0.15, -0.1) is 0 Å². The Morgan fingerprint density at radius 1 is 1.11 bits per heavy atom. The molecule has 0 atom stereocenters. The first-order valence-corrected chi connectivity index (χ1v) is 6.61. The first-order chi connectivity index (χ1) is 9.24. The molecule has 1 aliphatic heterocycles. The summed E-state index contributed by atoms with van der Waals surface area (Å²) >= 11 is 0. The van der Waals surface area contributed by atoms with Gasteiger partial charge in [0.2, 0.25) is 0 Å². The van der Waals surface area contributed by atoms with E-state index in [1.54, 1.807) is 19.2 Å². The third-order valence-electron chi connectivity index (χ3n) is 3.60. The molecule has 1 aromatic carbocycles. The number of nitrogens with zero attached hydrogens (tertiary/aromatic N) is 2. The lowest BCUT2D eigenvalue weighted by Gasteiger charge is -2.08. The van der Waals surface area contributed by atoms with E-state index in [-0.39, 0.29) is 5.56 Å². The van der Waals surface area contributed by atoms with Gasteiger partial charge in [-0.2, -0.15) is 5.10 Å². The fourth-order valence-corrected chi connectivity index (χ4v) is 2.49. The summed E-state index contributed by atoms with van der Waals surface area (Å²) in [4.78, 5) is 11.4. The van der Waals surface area contributed by atoms with Crippen molar-refractivity contribution in [1.29, 1.82) is 0 Å². The van der Waals surface area contributed by atoms with Gasteiger partial charge in [0.15, 0.2) is 0 Å². The topological polar surface area (TPSA) is 46.9 Å². The molecule has 1 N–H and O–H groups in total. The molecule has 3 rings (SSSR count). The molecule has 0 saturated heterocycles. The molecular formula is C15H17N3O. The predicted octanol–water partition coefficient (Wildman–Crippen LogP) is 1.14. The molecule has 0 fully saturated rings. The maximum Gasteiger partial charge on any atom is 0.266 e. The minimum absolute atomic E-state index is 0.0808. The van der Waals surface area contributed by atoms with E-state index < -0.39 is 0 Å². The van der Waals surface area contributed by atoms with E-state index >= 15 is 0 Å². The van der Waals surface area contributed by atoms with E-state index in [2.05, 4.69) is 28.6 Å². The molecule has 0 spiro atoms. The van der Waals surface area contributed by atoms with E-state index in [1.807, 2.05) is 0 Å². The van der Waals surface area contributed by atoms with E-state index in [0.717, 1.165) is 37.2 Å². The van der Waals surface area contributed by atoms with Crippen LogP contribution in [-0.2, 0) is 19.9 Å². The second kappa shape index (κ2) is 4.97. The molecule has 1 aromatic heterocycles. The van der Waals surface area contributed by atoms with Crippen molar-refractivity contribution in [2.45, 2.75) is 12.8 Å². The van der Waals surface area contributed by atoms with Crippen LogP contribution in [0.1, 0.15) is 11.1 Å². The zero-order chi connectivity index (χ0) is 13.2. The van der Waals surface area contributed by atoms with Crippen molar-refractivity contribution >= 4 is 0 Å². The van der Waals surface area contributed by atoms with Crippen molar-refractivity contribution in [2.24, 2.45) is 7.05 Å². The van der Waals surface area contributed by atoms with Crippen LogP contribution in [0.3, 0.4) is 0 Å². The smallest absolute Gasteiger partial charge is 0.266 e. The van der Waals surface area contributed by atoms with Crippen LogP contribution in [-0.4, -0.2) is 22.9 Å². The summed E-state index contributed by atoms with van der Waals surface area (Å²) in [5, 5.41) is 7.71. The summed E-state index contributed by atoms with van der Waals surface area (Å²) in [5.41, 5.74) is 4.65. The van der Waals surface area contributed by atoms with E-state index in [0.29, 0.717) is 0 Å². The quantitative estimate of drug-likeness (QED) is 0.831. The molecule has 0 aliphatic carbocycles. The first-order valence-electron chi connectivity index (χ1n) is 6.61. The van der Waals surface area contributed by atoms with Crippen LogP contribution in [0.15, 0.2) is 35.1 Å². The molecule has 98 valence electrons. The van der Waals surface area contributed by atoms with Gasteiger partial charge < -0.3 is 5.32 Å². The van der Waals surface area contributed by atoms with Gasteiger partial charge in [0.1, 0.15) is 0 Å². The molecule has 1 aliphatic rings. The van der Waals surface area contributed by atoms with E-state index in [4.69, 9.17) is 0 Å². The zero-order valence-corrected chi connectivity index (χ0v) is 11.0. The van der Waals surface area contributed by atoms with Gasteiger partial charge in [0, 0.05) is 18.7 Å². The molecule has 2 aromatic rings. The Morgan fingerprint density at radius 2 is 1.89 bits per heavy atom. The highest BCUT2D eigenvalue weighted by molar-refractivity contribution is 5.60. The van der Waals surface area contributed by atoms with Gasteiger partial charge in [-0.25, -0.2) is 4.68 Å². The summed E-state index contributed by atoms with van der Waals surface area (Å²) < 4.78 is 1.38. The molecule has 2 heterocycles. The molecule has 4 nitrogen and oxygen atoms in total. The Bertz CT molecular complexity index is 661. The second-order valence-electron chi connectivity index (χ2n) is 4.91. The lowest BCUT2D eigenvalue weighted by molar-refractivity contribution is 0.710. The standard InChI is InChI=1S/C15H17N3O/c1-18-15(19)5-4-14(17-18)13-3-2-11-6-8-16-9-7-12(11)10-13/h2-5,10,16H,6-9H2,1H3. The number of fused-ring (bicyclic) bond motifs is 1. The van der Waals surface area contributed by atoms with Gasteiger partial charge in [-0.1, -0.05) is 12.1 Å². The Kier molecular flexibility index (Phi) is 3.17. The lowest BCUT2D eigenvalue weighted by atomic mass is 9.99. The van der Waals surface area contributed by atoms with Crippen LogP contribution >= 0.6 is 0 Å². The third kappa shape index (κ3) is 2.44. The van der Waals surface area contributed by atoms with Gasteiger partial charge in [0.05, 0.1) is 5.69 Å². The highest BCUT2D eigenvalue weighted by atomic mass is 16.1. The van der Waals surface area contributed by atoms with Crippen LogP contribution in [0, 0.1) is 0 Å². The maximum atomic E-state index is 11.4. The largest absolute Gasteiger partial charge is 0.316 e. The Hall–Kier alpha value is -1.94. The molecule has 0 unspecified atom stereocenters. The van der Waals surface area contributed by atoms with E-state index in [1.165, 1.54) is 15.8 Å². The number of hydrogen-bond acceptors (Lipinski definition) is 3. The number of benzene rings is 1. The van der Waals surface area contributed by atoms with Crippen molar-refractivity contribution in [3.63, 3.8) is 0 Å². The molecule has 4 heteroatoms. The Morgan fingerprint density at radius 3 is 2.68 bits per heavy atom. The van der Waals surface area contributed by atoms with Gasteiger partial charge >= 0.3 is 0 Å². The van der Waals surface area contributed by atoms with E-state index in [9.17, 15) is 4.79 Å². The SMILES string of the molecule is Cn1nc(-c2ccc3c(c2)CCNCC3)ccc1=O. The highest BCUT2D eigenvalue weighted by Crippen LogP contribution is 2.21. The predicted molar refractivity (Wildman–Crippen MR) is 75.2 cm³/mol. The maximum absolute atomic E-state index is 11.4. The molecular weight excluding hydrogens is 238 g/mol. The van der Waals surface area contributed by atoms with Crippen LogP contribution < -0.4 is 10.9 Å². The Labute approximate surface area is 112 Å². The molecule has 19 heavy (non-hydrogen) atoms. The lowest BCUT2D eigenvalue weighted by Crippen LogP contribution is -2.18. The van der Waals surface area contributed by atoms with Crippen LogP contribution in [0.2, 0.25) is 0 Å². The average molecular weight is 255 g/mol. The summed E-state index contributed by atoms with van der Waals surface area (Å²) in [7, 11) is 1.68. The van der Waals surface area contributed by atoms with Crippen LogP contribution in [0.5, 0.6) is 0 Å². The fraction of sp³-hybridized carbons (Fsp3) is 0.333. The summed E-state index contributed by atoms with van der Waals surface area (Å²) in [6.07, 6.45) is 2.13. The van der Waals surface area contributed by atoms with Gasteiger partial charge in [-0.05, 0) is 49.2 Å². The minimum Gasteiger partial charge on any atom is -0.316 e. The van der Waals surface area contributed by atoms with Crippen molar-refractivity contribution in [3.05, 3.63) is 51.8 Å². The van der Waals surface area contributed by atoms with Crippen molar-refractivity contribution in [2.75, 3.05) is 13.1 Å². The summed E-state index contributed by atoms with van der Waals surface area (Å²) in [6, 6.07) is 9.84. The number of aromatic nitrogens is 2. The number of hydrogen-bond donors (Lipinski definition) is 1. The summed E-state index contributed by atoms with van der Waals surface area (Å²) in [6.45, 7) is 2.07. The first kappa shape index (κ1) is 12.1. The zero-order valence-electron chi connectivity index (χ0n) is 11.0. The summed E-state index contributed by atoms with van der Waals surface area (Å²) in [5.74, 6) is 0. The van der Waals surface area contributed by atoms with Crippen molar-refractivity contribution in [1.82, 2.24) is 15.1 Å². The molecule has 0 saturated carbocycles. The second-order valence-corrected chi connectivity index (χ2v) is 4.91. The highest BCUT2D eigenvalue weighted by Gasteiger charge is 2.09. The number of aryl methyl sites for hydroxylation is 1. The third-order valence-corrected chi connectivity index (χ3v) is 3.60. The fourth-order valence-electron chi connectivity index (χ4n) is 2.49. The molecule has 0 bridgehead atoms. The minimum atomic E-state index is -0.0808. The van der Waals surface area contributed by atoms with Gasteiger partial charge in [0.25, 0.3) is 5.56 Å². The van der Waals surface area contributed by atoms with Crippen LogP contribution in [0.4, 0.5) is 0 Å². The number of rotatable bonds is 1.